The average molecular weight is 527 g/mol. The van der Waals surface area contributed by atoms with E-state index in [9.17, 15) is 14.0 Å². The third-order valence-corrected chi connectivity index (χ3v) is 7.13. The lowest BCUT2D eigenvalue weighted by Gasteiger charge is -2.31. The third-order valence-electron chi connectivity index (χ3n) is 5.83. The van der Waals surface area contributed by atoms with E-state index in [2.05, 4.69) is 5.32 Å². The highest BCUT2D eigenvalue weighted by Gasteiger charge is 2.30. The van der Waals surface area contributed by atoms with Crippen LogP contribution in [0.25, 0.3) is 0 Å². The number of nitrogens with zero attached hydrogens (tertiary/aromatic N) is 1. The maximum Gasteiger partial charge on any atom is 0.243 e. The number of nitrogens with one attached hydrogen (secondary N) is 1. The third kappa shape index (κ3) is 8.10. The van der Waals surface area contributed by atoms with Gasteiger partial charge in [-0.2, -0.15) is 0 Å². The summed E-state index contributed by atoms with van der Waals surface area (Å²) in [6, 6.07) is 21.5. The first kappa shape index (κ1) is 27.8. The first-order valence-corrected chi connectivity index (χ1v) is 13.6. The van der Waals surface area contributed by atoms with Gasteiger partial charge in [-0.1, -0.05) is 84.8 Å². The van der Waals surface area contributed by atoms with E-state index in [-0.39, 0.29) is 29.1 Å². The van der Waals surface area contributed by atoms with Gasteiger partial charge in [-0.15, -0.1) is 11.8 Å². The van der Waals surface area contributed by atoms with Gasteiger partial charge >= 0.3 is 0 Å². The Hall–Kier alpha value is -2.83. The first-order chi connectivity index (χ1) is 17.4. The molecule has 3 aromatic rings. The van der Waals surface area contributed by atoms with E-state index in [1.165, 1.54) is 17.8 Å². The molecule has 190 valence electrons. The van der Waals surface area contributed by atoms with Crippen LogP contribution in [-0.2, 0) is 28.3 Å². The Morgan fingerprint density at radius 1 is 1.00 bits per heavy atom. The van der Waals surface area contributed by atoms with E-state index in [4.69, 9.17) is 11.6 Å². The maximum absolute atomic E-state index is 14.2. The predicted molar refractivity (Wildman–Crippen MR) is 147 cm³/mol. The zero-order valence-electron chi connectivity index (χ0n) is 20.7. The van der Waals surface area contributed by atoms with Crippen LogP contribution in [0.2, 0.25) is 5.02 Å². The van der Waals surface area contributed by atoms with Crippen LogP contribution in [0.15, 0.2) is 72.8 Å². The SMILES string of the molecule is CCCNC(=O)[C@@H](Cc1ccccc1)N(Cc1ccc(C)cc1)C(=O)CSCc1c(F)cccc1Cl. The fraction of sp³-hybridized carbons (Fsp3) is 0.310. The Bertz CT molecular complexity index is 1120. The van der Waals surface area contributed by atoms with Crippen molar-refractivity contribution in [3.8, 4) is 0 Å². The van der Waals surface area contributed by atoms with Crippen molar-refractivity contribution in [3.63, 3.8) is 0 Å². The van der Waals surface area contributed by atoms with E-state index in [1.807, 2.05) is 68.4 Å². The summed E-state index contributed by atoms with van der Waals surface area (Å²) in [5.41, 5.74) is 3.41. The normalized spacial score (nSPS) is 11.7. The lowest BCUT2D eigenvalue weighted by Crippen LogP contribution is -2.51. The lowest BCUT2D eigenvalue weighted by atomic mass is 10.0. The van der Waals surface area contributed by atoms with E-state index >= 15 is 0 Å². The van der Waals surface area contributed by atoms with Gasteiger partial charge in [-0.25, -0.2) is 4.39 Å². The molecule has 4 nitrogen and oxygen atoms in total. The van der Waals surface area contributed by atoms with Gasteiger partial charge in [-0.3, -0.25) is 9.59 Å². The molecule has 0 bridgehead atoms. The van der Waals surface area contributed by atoms with Crippen molar-refractivity contribution in [2.75, 3.05) is 12.3 Å². The van der Waals surface area contributed by atoms with Gasteiger partial charge < -0.3 is 10.2 Å². The van der Waals surface area contributed by atoms with Gasteiger partial charge in [0.15, 0.2) is 0 Å². The van der Waals surface area contributed by atoms with E-state index in [1.54, 1.807) is 17.0 Å². The van der Waals surface area contributed by atoms with Crippen molar-refractivity contribution < 1.29 is 14.0 Å². The Morgan fingerprint density at radius 3 is 2.39 bits per heavy atom. The fourth-order valence-corrected chi connectivity index (χ4v) is 5.05. The molecule has 0 unspecified atom stereocenters. The highest BCUT2D eigenvalue weighted by atomic mass is 35.5. The summed E-state index contributed by atoms with van der Waals surface area (Å²) in [6.45, 7) is 4.84. The minimum Gasteiger partial charge on any atom is -0.354 e. The summed E-state index contributed by atoms with van der Waals surface area (Å²) in [7, 11) is 0. The van der Waals surface area contributed by atoms with Gasteiger partial charge in [0.25, 0.3) is 0 Å². The van der Waals surface area contributed by atoms with Crippen LogP contribution in [-0.4, -0.2) is 35.1 Å². The molecule has 0 spiro atoms. The van der Waals surface area contributed by atoms with Crippen LogP contribution in [0.3, 0.4) is 0 Å². The summed E-state index contributed by atoms with van der Waals surface area (Å²) in [4.78, 5) is 28.5. The maximum atomic E-state index is 14.2. The molecule has 3 aromatic carbocycles. The molecule has 0 heterocycles. The zero-order chi connectivity index (χ0) is 25.9. The molecule has 0 fully saturated rings. The van der Waals surface area contributed by atoms with Gasteiger partial charge in [-0.05, 0) is 36.6 Å². The molecule has 0 saturated carbocycles. The van der Waals surface area contributed by atoms with E-state index in [0.29, 0.717) is 30.1 Å². The molecule has 0 aliphatic carbocycles. The number of hydrogen-bond acceptors (Lipinski definition) is 3. The number of amides is 2. The Kier molecular flexibility index (Phi) is 10.8. The molecule has 3 rings (SSSR count). The predicted octanol–water partition coefficient (Wildman–Crippen LogP) is 6.19. The topological polar surface area (TPSA) is 49.4 Å². The Morgan fingerprint density at radius 2 is 1.72 bits per heavy atom. The summed E-state index contributed by atoms with van der Waals surface area (Å²) < 4.78 is 14.2. The fourth-order valence-electron chi connectivity index (χ4n) is 3.80. The van der Waals surface area contributed by atoms with Gasteiger partial charge in [0.05, 0.1) is 5.75 Å². The van der Waals surface area contributed by atoms with E-state index < -0.39 is 6.04 Å². The summed E-state index contributed by atoms with van der Waals surface area (Å²) in [5, 5.41) is 3.31. The second-order valence-corrected chi connectivity index (χ2v) is 10.1. The Balaban J connectivity index is 1.84. The Labute approximate surface area is 222 Å². The van der Waals surface area contributed by atoms with Crippen molar-refractivity contribution in [1.82, 2.24) is 10.2 Å². The second-order valence-electron chi connectivity index (χ2n) is 8.70. The van der Waals surface area contributed by atoms with Gasteiger partial charge in [0, 0.05) is 35.8 Å². The molecule has 0 radical (unpaired) electrons. The molecular formula is C29H32ClFN2O2S. The molecule has 1 N–H and O–H groups in total. The van der Waals surface area contributed by atoms with Crippen molar-refractivity contribution in [3.05, 3.63) is 106 Å². The van der Waals surface area contributed by atoms with Crippen molar-refractivity contribution in [1.29, 1.82) is 0 Å². The monoisotopic (exact) mass is 526 g/mol. The molecular weight excluding hydrogens is 495 g/mol. The minimum absolute atomic E-state index is 0.100. The van der Waals surface area contributed by atoms with Crippen molar-refractivity contribution in [2.24, 2.45) is 0 Å². The second kappa shape index (κ2) is 14.0. The molecule has 0 aliphatic rings. The molecule has 1 atom stereocenters. The number of aryl methyl sites for hydroxylation is 1. The molecule has 2 amide bonds. The molecule has 0 aromatic heterocycles. The summed E-state index contributed by atoms with van der Waals surface area (Å²) in [6.07, 6.45) is 1.20. The standard InChI is InChI=1S/C29H32ClFN2O2S/c1-3-16-32-29(35)27(17-22-8-5-4-6-9-22)33(18-23-14-12-21(2)13-15-23)28(34)20-36-19-24-25(30)10-7-11-26(24)31/h4-15,27H,3,16-20H2,1-2H3,(H,32,35)/t27-/m1/s1. The number of rotatable bonds is 12. The van der Waals surface area contributed by atoms with Crippen molar-refractivity contribution >= 4 is 35.2 Å². The lowest BCUT2D eigenvalue weighted by molar-refractivity contribution is -0.139. The van der Waals surface area contributed by atoms with Crippen LogP contribution in [0.4, 0.5) is 4.39 Å². The highest BCUT2D eigenvalue weighted by Crippen LogP contribution is 2.25. The highest BCUT2D eigenvalue weighted by molar-refractivity contribution is 7.99. The van der Waals surface area contributed by atoms with Gasteiger partial charge in [0.2, 0.25) is 11.8 Å². The number of thioether (sulfide) groups is 1. The van der Waals surface area contributed by atoms with Crippen LogP contribution in [0.5, 0.6) is 0 Å². The van der Waals surface area contributed by atoms with Crippen LogP contribution < -0.4 is 5.32 Å². The summed E-state index contributed by atoms with van der Waals surface area (Å²) >= 11 is 7.45. The minimum atomic E-state index is -0.676. The van der Waals surface area contributed by atoms with E-state index in [0.717, 1.165) is 23.1 Å². The average Bonchev–Trinajstić information content (AvgIpc) is 2.88. The molecule has 36 heavy (non-hydrogen) atoms. The van der Waals surface area contributed by atoms with Crippen LogP contribution >= 0.6 is 23.4 Å². The number of carbonyl (C=O) groups excluding carboxylic acids is 2. The van der Waals surface area contributed by atoms with Crippen molar-refractivity contribution in [2.45, 2.75) is 45.0 Å². The first-order valence-electron chi connectivity index (χ1n) is 12.1. The number of hydrogen-bond donors (Lipinski definition) is 1. The molecule has 0 aliphatic heterocycles. The summed E-state index contributed by atoms with van der Waals surface area (Å²) in [5.74, 6) is -0.382. The quantitative estimate of drug-likeness (QED) is 0.306. The van der Waals surface area contributed by atoms with Crippen LogP contribution in [0.1, 0.15) is 35.6 Å². The van der Waals surface area contributed by atoms with Crippen LogP contribution in [0, 0.1) is 12.7 Å². The molecule has 0 saturated heterocycles. The number of halogens is 2. The van der Waals surface area contributed by atoms with Gasteiger partial charge in [0.1, 0.15) is 11.9 Å². The zero-order valence-corrected chi connectivity index (χ0v) is 22.2. The number of benzene rings is 3. The molecule has 7 heteroatoms. The smallest absolute Gasteiger partial charge is 0.243 e. The number of carbonyl (C=O) groups is 2. The largest absolute Gasteiger partial charge is 0.354 e.